The summed E-state index contributed by atoms with van der Waals surface area (Å²) < 4.78 is 13.0. The largest absolute Gasteiger partial charge is 0.354 e. The summed E-state index contributed by atoms with van der Waals surface area (Å²) in [4.78, 5) is 14.5. The van der Waals surface area contributed by atoms with Crippen molar-refractivity contribution < 1.29 is 9.18 Å². The number of rotatable bonds is 7. The van der Waals surface area contributed by atoms with Crippen molar-refractivity contribution in [3.05, 3.63) is 70.5 Å². The number of halogens is 2. The van der Waals surface area contributed by atoms with Crippen molar-refractivity contribution >= 4 is 17.5 Å². The lowest BCUT2D eigenvalue weighted by molar-refractivity contribution is -0.124. The molecule has 2 unspecified atom stereocenters. The molecule has 0 bridgehead atoms. The number of nitrogens with zero attached hydrogens (tertiary/aromatic N) is 1. The number of carbonyl (C=O) groups is 1. The van der Waals surface area contributed by atoms with Crippen molar-refractivity contribution in [1.29, 1.82) is 0 Å². The van der Waals surface area contributed by atoms with Gasteiger partial charge in [-0.2, -0.15) is 0 Å². The normalized spacial score (nSPS) is 13.5. The van der Waals surface area contributed by atoms with E-state index >= 15 is 0 Å². The van der Waals surface area contributed by atoms with Gasteiger partial charge in [-0.1, -0.05) is 48.9 Å². The number of hydrogen-bond donors (Lipinski definition) is 1. The highest BCUT2D eigenvalue weighted by Gasteiger charge is 2.20. The molecule has 2 rings (SSSR count). The SMILES string of the molecule is CC(Cc1ccc(F)cc1)C(=O)NCC(c1ccccc1Cl)N(C)C. The molecule has 0 heterocycles. The van der Waals surface area contributed by atoms with Gasteiger partial charge in [0, 0.05) is 17.5 Å². The van der Waals surface area contributed by atoms with Crippen molar-refractivity contribution in [2.75, 3.05) is 20.6 Å². The third kappa shape index (κ3) is 5.55. The predicted octanol–water partition coefficient (Wildman–Crippen LogP) is 4.08. The lowest BCUT2D eigenvalue weighted by atomic mass is 10.00. The Morgan fingerprint density at radius 1 is 1.16 bits per heavy atom. The molecule has 3 nitrogen and oxygen atoms in total. The minimum Gasteiger partial charge on any atom is -0.354 e. The summed E-state index contributed by atoms with van der Waals surface area (Å²) in [5.74, 6) is -0.489. The van der Waals surface area contributed by atoms with Gasteiger partial charge in [0.2, 0.25) is 5.91 Å². The molecule has 2 aromatic rings. The van der Waals surface area contributed by atoms with Gasteiger partial charge >= 0.3 is 0 Å². The van der Waals surface area contributed by atoms with Crippen LogP contribution in [0.25, 0.3) is 0 Å². The monoisotopic (exact) mass is 362 g/mol. The van der Waals surface area contributed by atoms with Crippen molar-refractivity contribution in [2.45, 2.75) is 19.4 Å². The maximum Gasteiger partial charge on any atom is 0.223 e. The molecule has 0 aliphatic carbocycles. The smallest absolute Gasteiger partial charge is 0.223 e. The topological polar surface area (TPSA) is 32.3 Å². The van der Waals surface area contributed by atoms with Crippen molar-refractivity contribution in [1.82, 2.24) is 10.2 Å². The quantitative estimate of drug-likeness (QED) is 0.805. The first-order chi connectivity index (χ1) is 11.9. The second-order valence-corrected chi connectivity index (χ2v) is 6.88. The van der Waals surface area contributed by atoms with Gasteiger partial charge in [-0.3, -0.25) is 4.79 Å². The van der Waals surface area contributed by atoms with E-state index in [2.05, 4.69) is 5.32 Å². The fraction of sp³-hybridized carbons (Fsp3) is 0.350. The maximum absolute atomic E-state index is 13.0. The Bertz CT molecular complexity index is 703. The molecule has 0 aromatic heterocycles. The van der Waals surface area contributed by atoms with Crippen LogP contribution in [-0.2, 0) is 11.2 Å². The molecule has 0 spiro atoms. The molecule has 1 amide bonds. The highest BCUT2D eigenvalue weighted by Crippen LogP contribution is 2.25. The van der Waals surface area contributed by atoms with Gasteiger partial charge in [0.1, 0.15) is 5.82 Å². The number of carbonyl (C=O) groups excluding carboxylic acids is 1. The average molecular weight is 363 g/mol. The van der Waals surface area contributed by atoms with Crippen LogP contribution in [0.15, 0.2) is 48.5 Å². The van der Waals surface area contributed by atoms with Gasteiger partial charge in [-0.25, -0.2) is 4.39 Å². The summed E-state index contributed by atoms with van der Waals surface area (Å²) in [5.41, 5.74) is 1.93. The number of nitrogens with one attached hydrogen (secondary N) is 1. The third-order valence-corrected chi connectivity index (χ3v) is 4.60. The minimum atomic E-state index is -0.269. The summed E-state index contributed by atoms with van der Waals surface area (Å²) in [5, 5.41) is 3.70. The minimum absolute atomic E-state index is 0.00401. The van der Waals surface area contributed by atoms with Crippen LogP contribution in [0.4, 0.5) is 4.39 Å². The molecule has 2 atom stereocenters. The highest BCUT2D eigenvalue weighted by atomic mass is 35.5. The Morgan fingerprint density at radius 2 is 1.80 bits per heavy atom. The van der Waals surface area contributed by atoms with Gasteiger partial charge in [0.25, 0.3) is 0 Å². The first-order valence-electron chi connectivity index (χ1n) is 8.31. The first kappa shape index (κ1) is 19.4. The van der Waals surface area contributed by atoms with Crippen LogP contribution in [-0.4, -0.2) is 31.4 Å². The standard InChI is InChI=1S/C20H24ClFN2O/c1-14(12-15-8-10-16(22)11-9-15)20(25)23-13-19(24(2)3)17-6-4-5-7-18(17)21/h4-11,14,19H,12-13H2,1-3H3,(H,23,25). The number of likely N-dealkylation sites (N-methyl/N-ethyl adjacent to an activating group) is 1. The van der Waals surface area contributed by atoms with E-state index in [1.54, 1.807) is 12.1 Å². The van der Waals surface area contributed by atoms with E-state index < -0.39 is 0 Å². The van der Waals surface area contributed by atoms with Gasteiger partial charge in [0.15, 0.2) is 0 Å². The molecule has 0 saturated carbocycles. The molecule has 0 aliphatic heterocycles. The second-order valence-electron chi connectivity index (χ2n) is 6.48. The molecule has 0 aliphatic rings. The van der Waals surface area contributed by atoms with Crippen LogP contribution in [0.1, 0.15) is 24.1 Å². The fourth-order valence-electron chi connectivity index (χ4n) is 2.75. The Hall–Kier alpha value is -1.91. The Labute approximate surface area is 153 Å². The Balaban J connectivity index is 1.96. The molecule has 25 heavy (non-hydrogen) atoms. The molecule has 5 heteroatoms. The van der Waals surface area contributed by atoms with Crippen LogP contribution >= 0.6 is 11.6 Å². The lowest BCUT2D eigenvalue weighted by Crippen LogP contribution is -2.37. The van der Waals surface area contributed by atoms with Crippen LogP contribution < -0.4 is 5.32 Å². The fourth-order valence-corrected chi connectivity index (χ4v) is 3.02. The van der Waals surface area contributed by atoms with Crippen LogP contribution in [0.5, 0.6) is 0 Å². The van der Waals surface area contributed by atoms with E-state index in [1.165, 1.54) is 12.1 Å². The number of benzene rings is 2. The zero-order valence-electron chi connectivity index (χ0n) is 14.8. The zero-order chi connectivity index (χ0) is 18.4. The number of amides is 1. The van der Waals surface area contributed by atoms with Gasteiger partial charge in [0.05, 0.1) is 6.04 Å². The molecular weight excluding hydrogens is 339 g/mol. The Morgan fingerprint density at radius 3 is 2.40 bits per heavy atom. The van der Waals surface area contributed by atoms with Crippen LogP contribution in [0.2, 0.25) is 5.02 Å². The molecule has 0 fully saturated rings. The number of hydrogen-bond acceptors (Lipinski definition) is 2. The van der Waals surface area contributed by atoms with E-state index in [1.807, 2.05) is 50.2 Å². The maximum atomic E-state index is 13.0. The van der Waals surface area contributed by atoms with E-state index in [-0.39, 0.29) is 23.7 Å². The summed E-state index contributed by atoms with van der Waals surface area (Å²) in [7, 11) is 3.92. The molecule has 0 radical (unpaired) electrons. The zero-order valence-corrected chi connectivity index (χ0v) is 15.6. The van der Waals surface area contributed by atoms with Crippen molar-refractivity contribution in [3.8, 4) is 0 Å². The average Bonchev–Trinajstić information content (AvgIpc) is 2.58. The van der Waals surface area contributed by atoms with Gasteiger partial charge in [-0.05, 0) is 49.8 Å². The molecule has 2 aromatic carbocycles. The molecular formula is C20H24ClFN2O. The van der Waals surface area contributed by atoms with Gasteiger partial charge < -0.3 is 10.2 Å². The van der Waals surface area contributed by atoms with Crippen molar-refractivity contribution in [3.63, 3.8) is 0 Å². The second kappa shape index (κ2) is 8.97. The summed E-state index contributed by atoms with van der Waals surface area (Å²) in [6.45, 7) is 2.35. The van der Waals surface area contributed by atoms with E-state index in [0.717, 1.165) is 11.1 Å². The van der Waals surface area contributed by atoms with Gasteiger partial charge in [-0.15, -0.1) is 0 Å². The predicted molar refractivity (Wildman–Crippen MR) is 100 cm³/mol. The van der Waals surface area contributed by atoms with Crippen LogP contribution in [0, 0.1) is 11.7 Å². The summed E-state index contributed by atoms with van der Waals surface area (Å²) in [6, 6.07) is 13.9. The van der Waals surface area contributed by atoms with E-state index in [4.69, 9.17) is 11.6 Å². The molecule has 0 saturated heterocycles. The molecule has 1 N–H and O–H groups in total. The molecule has 134 valence electrons. The first-order valence-corrected chi connectivity index (χ1v) is 8.69. The Kier molecular flexibility index (Phi) is 6.97. The lowest BCUT2D eigenvalue weighted by Gasteiger charge is -2.26. The third-order valence-electron chi connectivity index (χ3n) is 4.26. The summed E-state index contributed by atoms with van der Waals surface area (Å²) >= 11 is 6.29. The highest BCUT2D eigenvalue weighted by molar-refractivity contribution is 6.31. The van der Waals surface area contributed by atoms with E-state index in [9.17, 15) is 9.18 Å². The summed E-state index contributed by atoms with van der Waals surface area (Å²) in [6.07, 6.45) is 0.574. The van der Waals surface area contributed by atoms with Crippen molar-refractivity contribution in [2.24, 2.45) is 5.92 Å². The van der Waals surface area contributed by atoms with E-state index in [0.29, 0.717) is 18.0 Å². The van der Waals surface area contributed by atoms with Crippen LogP contribution in [0.3, 0.4) is 0 Å².